The monoisotopic (exact) mass is 315 g/mol. The molecule has 1 fully saturated rings. The van der Waals surface area contributed by atoms with Crippen molar-refractivity contribution in [3.63, 3.8) is 0 Å². The van der Waals surface area contributed by atoms with Crippen LogP contribution in [0.25, 0.3) is 0 Å². The van der Waals surface area contributed by atoms with Crippen molar-refractivity contribution in [1.29, 1.82) is 0 Å². The fraction of sp³-hybridized carbons (Fsp3) is 0.643. The van der Waals surface area contributed by atoms with Gasteiger partial charge in [0.25, 0.3) is 0 Å². The lowest BCUT2D eigenvalue weighted by Crippen LogP contribution is -2.28. The SMILES string of the molecule is Cc1oc(C(=O)OC2CCC(C)C(C)C2)cc1S(N)(=O)=O. The molecule has 0 radical (unpaired) electrons. The quantitative estimate of drug-likeness (QED) is 0.862. The van der Waals surface area contributed by atoms with Crippen LogP contribution in [0, 0.1) is 18.8 Å². The first-order valence-corrected chi connectivity index (χ1v) is 8.57. The summed E-state index contributed by atoms with van der Waals surface area (Å²) in [5, 5.41) is 5.05. The van der Waals surface area contributed by atoms with E-state index in [0.717, 1.165) is 25.3 Å². The number of sulfonamides is 1. The molecule has 6 nitrogen and oxygen atoms in total. The zero-order valence-corrected chi connectivity index (χ0v) is 13.3. The standard InChI is InChI=1S/C14H21NO5S/c1-8-4-5-11(6-9(8)2)20-14(16)12-7-13(10(3)19-12)21(15,17)18/h7-9,11H,4-6H2,1-3H3,(H2,15,17,18). The van der Waals surface area contributed by atoms with Gasteiger partial charge in [0.15, 0.2) is 0 Å². The van der Waals surface area contributed by atoms with Gasteiger partial charge in [0.05, 0.1) is 0 Å². The fourth-order valence-corrected chi connectivity index (χ4v) is 3.38. The van der Waals surface area contributed by atoms with Crippen LogP contribution < -0.4 is 5.14 Å². The van der Waals surface area contributed by atoms with Crippen molar-refractivity contribution in [2.24, 2.45) is 17.0 Å². The Morgan fingerprint density at radius 3 is 2.52 bits per heavy atom. The van der Waals surface area contributed by atoms with Crippen molar-refractivity contribution >= 4 is 16.0 Å². The molecule has 1 aromatic heterocycles. The molecule has 1 aliphatic rings. The summed E-state index contributed by atoms with van der Waals surface area (Å²) in [7, 11) is -3.90. The molecule has 0 aliphatic heterocycles. The number of primary sulfonamides is 1. The van der Waals surface area contributed by atoms with Gasteiger partial charge in [0.2, 0.25) is 15.8 Å². The molecule has 1 saturated carbocycles. The van der Waals surface area contributed by atoms with Gasteiger partial charge < -0.3 is 9.15 Å². The third-order valence-corrected chi connectivity index (χ3v) is 5.22. The van der Waals surface area contributed by atoms with E-state index in [0.29, 0.717) is 11.8 Å². The largest absolute Gasteiger partial charge is 0.457 e. The molecule has 1 heterocycles. The van der Waals surface area contributed by atoms with E-state index >= 15 is 0 Å². The Morgan fingerprint density at radius 2 is 2.00 bits per heavy atom. The van der Waals surface area contributed by atoms with Gasteiger partial charge in [-0.1, -0.05) is 13.8 Å². The number of furan rings is 1. The maximum Gasteiger partial charge on any atom is 0.374 e. The molecule has 2 N–H and O–H groups in total. The molecule has 1 aromatic rings. The van der Waals surface area contributed by atoms with Gasteiger partial charge >= 0.3 is 5.97 Å². The van der Waals surface area contributed by atoms with Crippen LogP contribution in [0.4, 0.5) is 0 Å². The minimum Gasteiger partial charge on any atom is -0.457 e. The minimum absolute atomic E-state index is 0.0927. The Bertz CT molecular complexity index is 634. The third-order valence-electron chi connectivity index (χ3n) is 4.20. The highest BCUT2D eigenvalue weighted by Crippen LogP contribution is 2.31. The Hall–Kier alpha value is -1.34. The van der Waals surface area contributed by atoms with Crippen LogP contribution in [0.15, 0.2) is 15.4 Å². The molecular formula is C14H21NO5S. The van der Waals surface area contributed by atoms with E-state index in [1.807, 2.05) is 0 Å². The summed E-state index contributed by atoms with van der Waals surface area (Å²) in [6.07, 6.45) is 2.50. The molecule has 7 heteroatoms. The maximum absolute atomic E-state index is 12.0. The highest BCUT2D eigenvalue weighted by Gasteiger charge is 2.29. The molecule has 2 rings (SSSR count). The van der Waals surface area contributed by atoms with E-state index in [9.17, 15) is 13.2 Å². The number of carbonyl (C=O) groups excluding carboxylic acids is 1. The van der Waals surface area contributed by atoms with E-state index in [2.05, 4.69) is 13.8 Å². The average molecular weight is 315 g/mol. The zero-order valence-electron chi connectivity index (χ0n) is 12.5. The summed E-state index contributed by atoms with van der Waals surface area (Å²) in [4.78, 5) is 11.9. The Labute approximate surface area is 124 Å². The molecule has 1 aliphatic carbocycles. The lowest BCUT2D eigenvalue weighted by Gasteiger charge is -2.31. The van der Waals surface area contributed by atoms with Gasteiger partial charge in [-0.2, -0.15) is 0 Å². The second kappa shape index (κ2) is 5.81. The normalized spacial score (nSPS) is 26.6. The summed E-state index contributed by atoms with van der Waals surface area (Å²) in [6.45, 7) is 5.78. The van der Waals surface area contributed by atoms with Crippen LogP contribution in [-0.4, -0.2) is 20.5 Å². The molecule has 21 heavy (non-hydrogen) atoms. The molecule has 0 saturated heterocycles. The van der Waals surface area contributed by atoms with Gasteiger partial charge in [-0.05, 0) is 38.0 Å². The van der Waals surface area contributed by atoms with Crippen LogP contribution in [0.1, 0.15) is 49.4 Å². The van der Waals surface area contributed by atoms with Gasteiger partial charge in [-0.25, -0.2) is 18.4 Å². The van der Waals surface area contributed by atoms with E-state index in [4.69, 9.17) is 14.3 Å². The van der Waals surface area contributed by atoms with Crippen molar-refractivity contribution in [2.45, 2.75) is 51.0 Å². The summed E-state index contributed by atoms with van der Waals surface area (Å²) in [6, 6.07) is 1.13. The molecule has 0 bridgehead atoms. The van der Waals surface area contributed by atoms with Gasteiger partial charge in [0.1, 0.15) is 16.8 Å². The first kappa shape index (κ1) is 16.0. The predicted octanol–water partition coefficient (Wildman–Crippen LogP) is 2.22. The van der Waals surface area contributed by atoms with Crippen LogP contribution in [0.3, 0.4) is 0 Å². The molecule has 0 amide bonds. The first-order valence-electron chi connectivity index (χ1n) is 7.02. The van der Waals surface area contributed by atoms with E-state index in [1.54, 1.807) is 0 Å². The first-order chi connectivity index (χ1) is 9.68. The number of nitrogens with two attached hydrogens (primary N) is 1. The zero-order chi connectivity index (χ0) is 15.8. The van der Waals surface area contributed by atoms with E-state index in [1.165, 1.54) is 6.92 Å². The second-order valence-electron chi connectivity index (χ2n) is 5.87. The Morgan fingerprint density at radius 1 is 1.33 bits per heavy atom. The number of esters is 1. The number of rotatable bonds is 3. The molecular weight excluding hydrogens is 294 g/mol. The van der Waals surface area contributed by atoms with E-state index in [-0.39, 0.29) is 22.5 Å². The van der Waals surface area contributed by atoms with Crippen molar-refractivity contribution in [1.82, 2.24) is 0 Å². The summed E-state index contributed by atoms with van der Waals surface area (Å²) < 4.78 is 33.2. The molecule has 118 valence electrons. The number of carbonyl (C=O) groups is 1. The lowest BCUT2D eigenvalue weighted by molar-refractivity contribution is 0.00563. The van der Waals surface area contributed by atoms with Crippen LogP contribution in [0.2, 0.25) is 0 Å². The molecule has 3 atom stereocenters. The maximum atomic E-state index is 12.0. The van der Waals surface area contributed by atoms with Crippen molar-refractivity contribution in [3.05, 3.63) is 17.6 Å². The number of hydrogen-bond donors (Lipinski definition) is 1. The Kier molecular flexibility index (Phi) is 4.43. The van der Waals surface area contributed by atoms with Crippen molar-refractivity contribution in [3.8, 4) is 0 Å². The third kappa shape index (κ3) is 3.65. The summed E-state index contributed by atoms with van der Waals surface area (Å²) >= 11 is 0. The van der Waals surface area contributed by atoms with Crippen LogP contribution in [-0.2, 0) is 14.8 Å². The fourth-order valence-electron chi connectivity index (χ4n) is 2.66. The van der Waals surface area contributed by atoms with Gasteiger partial charge in [0, 0.05) is 6.07 Å². The second-order valence-corrected chi connectivity index (χ2v) is 7.40. The van der Waals surface area contributed by atoms with Crippen LogP contribution in [0.5, 0.6) is 0 Å². The van der Waals surface area contributed by atoms with Crippen molar-refractivity contribution in [2.75, 3.05) is 0 Å². The summed E-state index contributed by atoms with van der Waals surface area (Å²) in [5.41, 5.74) is 0. The minimum atomic E-state index is -3.90. The van der Waals surface area contributed by atoms with Crippen LogP contribution >= 0.6 is 0 Å². The smallest absolute Gasteiger partial charge is 0.374 e. The van der Waals surface area contributed by atoms with Gasteiger partial charge in [-0.15, -0.1) is 0 Å². The molecule has 0 aromatic carbocycles. The number of hydrogen-bond acceptors (Lipinski definition) is 5. The topological polar surface area (TPSA) is 99.6 Å². The number of ether oxygens (including phenoxy) is 1. The molecule has 0 spiro atoms. The molecule has 3 unspecified atom stereocenters. The average Bonchev–Trinajstić information content (AvgIpc) is 2.76. The number of aryl methyl sites for hydroxylation is 1. The lowest BCUT2D eigenvalue weighted by atomic mass is 9.80. The predicted molar refractivity (Wildman–Crippen MR) is 76.2 cm³/mol. The van der Waals surface area contributed by atoms with Crippen molar-refractivity contribution < 1.29 is 22.4 Å². The van der Waals surface area contributed by atoms with Gasteiger partial charge in [-0.3, -0.25) is 0 Å². The highest BCUT2D eigenvalue weighted by molar-refractivity contribution is 7.89. The summed E-state index contributed by atoms with van der Waals surface area (Å²) in [5.74, 6) is 0.451. The Balaban J connectivity index is 2.08. The highest BCUT2D eigenvalue weighted by atomic mass is 32.2. The van der Waals surface area contributed by atoms with E-state index < -0.39 is 16.0 Å².